The molecule has 23 heavy (non-hydrogen) atoms. The molecule has 0 bridgehead atoms. The van der Waals surface area contributed by atoms with E-state index >= 15 is 0 Å². The lowest BCUT2D eigenvalue weighted by molar-refractivity contribution is -0.118. The molecule has 1 aromatic carbocycles. The Labute approximate surface area is 136 Å². The SMILES string of the molecule is COc1ccccc1C1NC(=O)N(C)C2=C1C(=O)CC(C)(C)C2. The van der Waals surface area contributed by atoms with Crippen LogP contribution in [0.5, 0.6) is 5.75 Å². The van der Waals surface area contributed by atoms with E-state index in [4.69, 9.17) is 4.74 Å². The van der Waals surface area contributed by atoms with Crippen molar-refractivity contribution in [1.82, 2.24) is 10.2 Å². The van der Waals surface area contributed by atoms with Crippen molar-refractivity contribution < 1.29 is 14.3 Å². The summed E-state index contributed by atoms with van der Waals surface area (Å²) in [6, 6.07) is 6.86. The maximum Gasteiger partial charge on any atom is 0.322 e. The van der Waals surface area contributed by atoms with Gasteiger partial charge in [-0.1, -0.05) is 32.0 Å². The van der Waals surface area contributed by atoms with Crippen molar-refractivity contribution in [1.29, 1.82) is 0 Å². The van der Waals surface area contributed by atoms with E-state index in [2.05, 4.69) is 19.2 Å². The molecular weight excluding hydrogens is 292 g/mol. The van der Waals surface area contributed by atoms with E-state index < -0.39 is 6.04 Å². The summed E-state index contributed by atoms with van der Waals surface area (Å²) in [4.78, 5) is 26.8. The van der Waals surface area contributed by atoms with E-state index in [0.29, 0.717) is 24.2 Å². The van der Waals surface area contributed by atoms with E-state index in [-0.39, 0.29) is 17.2 Å². The second-order valence-corrected chi connectivity index (χ2v) is 6.98. The quantitative estimate of drug-likeness (QED) is 0.913. The van der Waals surface area contributed by atoms with Crippen molar-refractivity contribution >= 4 is 11.8 Å². The van der Waals surface area contributed by atoms with Crippen LogP contribution in [0.1, 0.15) is 38.3 Å². The second kappa shape index (κ2) is 5.41. The molecule has 5 nitrogen and oxygen atoms in total. The van der Waals surface area contributed by atoms with E-state index in [1.165, 1.54) is 0 Å². The van der Waals surface area contributed by atoms with E-state index in [1.54, 1.807) is 19.1 Å². The van der Waals surface area contributed by atoms with Gasteiger partial charge in [0.25, 0.3) is 0 Å². The van der Waals surface area contributed by atoms with Gasteiger partial charge in [-0.05, 0) is 17.9 Å². The first kappa shape index (κ1) is 15.6. The summed E-state index contributed by atoms with van der Waals surface area (Å²) in [5, 5.41) is 2.94. The number of rotatable bonds is 2. The van der Waals surface area contributed by atoms with Gasteiger partial charge >= 0.3 is 6.03 Å². The number of nitrogens with one attached hydrogen (secondary N) is 1. The molecule has 0 saturated carbocycles. The van der Waals surface area contributed by atoms with Crippen molar-refractivity contribution in [2.45, 2.75) is 32.7 Å². The molecule has 1 aliphatic carbocycles. The van der Waals surface area contributed by atoms with E-state index in [0.717, 1.165) is 11.3 Å². The summed E-state index contributed by atoms with van der Waals surface area (Å²) in [6.07, 6.45) is 1.20. The standard InChI is InChI=1S/C18H22N2O3/c1-18(2)9-12-15(13(21)10-18)16(19-17(22)20(12)3)11-7-5-6-8-14(11)23-4/h5-8,16H,9-10H2,1-4H3,(H,19,22). The highest BCUT2D eigenvalue weighted by molar-refractivity contribution is 6.01. The Balaban J connectivity index is 2.16. The molecular formula is C18H22N2O3. The van der Waals surface area contributed by atoms with Gasteiger partial charge in [0.1, 0.15) is 5.75 Å². The normalized spacial score (nSPS) is 23.5. The summed E-state index contributed by atoms with van der Waals surface area (Å²) >= 11 is 0. The van der Waals surface area contributed by atoms with Crippen LogP contribution in [0.25, 0.3) is 0 Å². The lowest BCUT2D eigenvalue weighted by Crippen LogP contribution is -2.49. The number of ketones is 1. The number of methoxy groups -OCH3 is 1. The molecule has 1 unspecified atom stereocenters. The minimum absolute atomic E-state index is 0.0963. The van der Waals surface area contributed by atoms with Gasteiger partial charge in [-0.15, -0.1) is 0 Å². The summed E-state index contributed by atoms with van der Waals surface area (Å²) in [7, 11) is 3.31. The molecule has 1 aromatic rings. The van der Waals surface area contributed by atoms with Crippen LogP contribution >= 0.6 is 0 Å². The van der Waals surface area contributed by atoms with Gasteiger partial charge in [0.15, 0.2) is 5.78 Å². The van der Waals surface area contributed by atoms with Gasteiger partial charge in [0, 0.05) is 30.3 Å². The van der Waals surface area contributed by atoms with Crippen LogP contribution in [0.2, 0.25) is 0 Å². The fourth-order valence-electron chi connectivity index (χ4n) is 3.48. The number of carbonyl (C=O) groups excluding carboxylic acids is 2. The molecule has 0 spiro atoms. The van der Waals surface area contributed by atoms with Crippen molar-refractivity contribution in [3.05, 3.63) is 41.1 Å². The number of Topliss-reactive ketones (excluding diaryl/α,β-unsaturated/α-hetero) is 1. The van der Waals surface area contributed by atoms with Crippen LogP contribution in [0.15, 0.2) is 35.5 Å². The van der Waals surface area contributed by atoms with Gasteiger partial charge in [-0.3, -0.25) is 4.79 Å². The van der Waals surface area contributed by atoms with Crippen LogP contribution in [-0.2, 0) is 4.79 Å². The molecule has 2 amide bonds. The van der Waals surface area contributed by atoms with Gasteiger partial charge in [0.2, 0.25) is 0 Å². The first-order chi connectivity index (χ1) is 10.8. The molecule has 1 heterocycles. The summed E-state index contributed by atoms with van der Waals surface area (Å²) in [5.41, 5.74) is 2.20. The van der Waals surface area contributed by atoms with E-state index in [9.17, 15) is 9.59 Å². The third kappa shape index (κ3) is 2.60. The average molecular weight is 314 g/mol. The lowest BCUT2D eigenvalue weighted by Gasteiger charge is -2.42. The Hall–Kier alpha value is -2.30. The summed E-state index contributed by atoms with van der Waals surface area (Å²) < 4.78 is 5.42. The number of para-hydroxylation sites is 1. The van der Waals surface area contributed by atoms with Crippen molar-refractivity contribution in [3.63, 3.8) is 0 Å². The number of amides is 2. The Morgan fingerprint density at radius 1 is 1.22 bits per heavy atom. The topological polar surface area (TPSA) is 58.6 Å². The number of nitrogens with zero attached hydrogens (tertiary/aromatic N) is 1. The highest BCUT2D eigenvalue weighted by atomic mass is 16.5. The molecule has 5 heteroatoms. The van der Waals surface area contributed by atoms with Crippen molar-refractivity contribution in [2.24, 2.45) is 5.41 Å². The molecule has 0 aromatic heterocycles. The predicted octanol–water partition coefficient (Wildman–Crippen LogP) is 3.03. The molecule has 3 rings (SSSR count). The Morgan fingerprint density at radius 3 is 2.61 bits per heavy atom. The fourth-order valence-corrected chi connectivity index (χ4v) is 3.48. The van der Waals surface area contributed by atoms with Crippen LogP contribution in [0.3, 0.4) is 0 Å². The van der Waals surface area contributed by atoms with Crippen LogP contribution in [0, 0.1) is 5.41 Å². The lowest BCUT2D eigenvalue weighted by atomic mass is 9.72. The molecule has 1 aliphatic heterocycles. The number of urea groups is 1. The molecule has 1 N–H and O–H groups in total. The van der Waals surface area contributed by atoms with Crippen LogP contribution in [0.4, 0.5) is 4.79 Å². The van der Waals surface area contributed by atoms with Gasteiger partial charge in [-0.25, -0.2) is 4.79 Å². The van der Waals surface area contributed by atoms with Crippen LogP contribution in [-0.4, -0.2) is 30.9 Å². The molecule has 1 atom stereocenters. The zero-order valence-corrected chi connectivity index (χ0v) is 14.0. The number of hydrogen-bond donors (Lipinski definition) is 1. The van der Waals surface area contributed by atoms with Crippen LogP contribution < -0.4 is 10.1 Å². The van der Waals surface area contributed by atoms with Gasteiger partial charge < -0.3 is 15.0 Å². The van der Waals surface area contributed by atoms with Gasteiger partial charge in [-0.2, -0.15) is 0 Å². The first-order valence-electron chi connectivity index (χ1n) is 7.77. The molecule has 0 saturated heterocycles. The predicted molar refractivity (Wildman–Crippen MR) is 87.1 cm³/mol. The number of carbonyl (C=O) groups is 2. The van der Waals surface area contributed by atoms with Gasteiger partial charge in [0.05, 0.1) is 13.2 Å². The Morgan fingerprint density at radius 2 is 1.91 bits per heavy atom. The first-order valence-corrected chi connectivity index (χ1v) is 7.77. The zero-order valence-electron chi connectivity index (χ0n) is 14.0. The molecule has 0 radical (unpaired) electrons. The number of allylic oxidation sites excluding steroid dienone is 1. The minimum atomic E-state index is -0.451. The summed E-state index contributed by atoms with van der Waals surface area (Å²) in [5.74, 6) is 0.769. The Bertz CT molecular complexity index is 706. The smallest absolute Gasteiger partial charge is 0.322 e. The fraction of sp³-hybridized carbons (Fsp3) is 0.444. The molecule has 0 fully saturated rings. The zero-order chi connectivity index (χ0) is 16.8. The second-order valence-electron chi connectivity index (χ2n) is 6.98. The minimum Gasteiger partial charge on any atom is -0.496 e. The molecule has 122 valence electrons. The third-order valence-electron chi connectivity index (χ3n) is 4.61. The largest absolute Gasteiger partial charge is 0.496 e. The number of hydrogen-bond acceptors (Lipinski definition) is 3. The monoisotopic (exact) mass is 314 g/mol. The maximum absolute atomic E-state index is 12.8. The Kier molecular flexibility index (Phi) is 3.66. The van der Waals surface area contributed by atoms with Crippen molar-refractivity contribution in [3.8, 4) is 5.75 Å². The highest BCUT2D eigenvalue weighted by Gasteiger charge is 2.43. The number of benzene rings is 1. The molecule has 2 aliphatic rings. The van der Waals surface area contributed by atoms with E-state index in [1.807, 2.05) is 24.3 Å². The number of ether oxygens (including phenoxy) is 1. The summed E-state index contributed by atoms with van der Waals surface area (Å²) in [6.45, 7) is 4.13. The third-order valence-corrected chi connectivity index (χ3v) is 4.61. The highest BCUT2D eigenvalue weighted by Crippen LogP contribution is 2.44. The van der Waals surface area contributed by atoms with Crippen molar-refractivity contribution in [2.75, 3.05) is 14.2 Å². The average Bonchev–Trinajstić information content (AvgIpc) is 2.50. The maximum atomic E-state index is 12.8.